The van der Waals surface area contributed by atoms with Gasteiger partial charge in [-0.3, -0.25) is 0 Å². The van der Waals surface area contributed by atoms with E-state index in [9.17, 15) is 0 Å². The van der Waals surface area contributed by atoms with E-state index in [2.05, 4.69) is 156 Å². The van der Waals surface area contributed by atoms with Crippen LogP contribution in [0.25, 0.3) is 66.1 Å². The standard InChI is InChI=1S/C39H28N2/c1-39(2)32-17-9-6-14-27(32)28-21-20-26(24-33(28)39)40-35-19-11-8-16-31(35)37-36(40)23-22-30-29-15-7-10-18-34(29)41(38(30)37)25-12-4-3-5-13-25/h3-24H,1-2H3. The van der Waals surface area contributed by atoms with Crippen LogP contribution < -0.4 is 0 Å². The molecule has 1 aliphatic rings. The van der Waals surface area contributed by atoms with Gasteiger partial charge in [0.25, 0.3) is 0 Å². The first-order valence-corrected chi connectivity index (χ1v) is 14.4. The zero-order valence-electron chi connectivity index (χ0n) is 23.1. The Balaban J connectivity index is 1.42. The summed E-state index contributed by atoms with van der Waals surface area (Å²) in [5.41, 5.74) is 12.8. The molecule has 1 aliphatic carbocycles. The fourth-order valence-corrected chi connectivity index (χ4v) is 7.46. The number of benzene rings is 6. The van der Waals surface area contributed by atoms with E-state index in [1.165, 1.54) is 77.2 Å². The average Bonchev–Trinajstić information content (AvgIpc) is 3.61. The number of hydrogen-bond acceptors (Lipinski definition) is 0. The van der Waals surface area contributed by atoms with E-state index < -0.39 is 0 Å². The molecule has 0 saturated heterocycles. The van der Waals surface area contributed by atoms with Crippen molar-refractivity contribution in [3.05, 3.63) is 145 Å². The van der Waals surface area contributed by atoms with Crippen LogP contribution in [0.1, 0.15) is 25.0 Å². The van der Waals surface area contributed by atoms with Gasteiger partial charge in [0.05, 0.1) is 22.1 Å². The Labute approximate surface area is 238 Å². The third-order valence-corrected chi connectivity index (χ3v) is 9.31. The van der Waals surface area contributed by atoms with Crippen LogP contribution in [0.5, 0.6) is 0 Å². The quantitative estimate of drug-likeness (QED) is 0.213. The van der Waals surface area contributed by atoms with Gasteiger partial charge in [0, 0.05) is 38.3 Å². The van der Waals surface area contributed by atoms with Gasteiger partial charge in [-0.2, -0.15) is 0 Å². The van der Waals surface area contributed by atoms with E-state index in [4.69, 9.17) is 0 Å². The molecular formula is C39H28N2. The molecule has 0 atom stereocenters. The van der Waals surface area contributed by atoms with Crippen molar-refractivity contribution in [2.45, 2.75) is 19.3 Å². The highest BCUT2D eigenvalue weighted by Crippen LogP contribution is 2.50. The highest BCUT2D eigenvalue weighted by molar-refractivity contribution is 6.26. The lowest BCUT2D eigenvalue weighted by molar-refractivity contribution is 0.660. The van der Waals surface area contributed by atoms with Gasteiger partial charge in [-0.15, -0.1) is 0 Å². The molecule has 2 nitrogen and oxygen atoms in total. The van der Waals surface area contributed by atoms with Gasteiger partial charge in [0.2, 0.25) is 0 Å². The molecule has 0 unspecified atom stereocenters. The zero-order valence-corrected chi connectivity index (χ0v) is 23.1. The summed E-state index contributed by atoms with van der Waals surface area (Å²) in [5, 5.41) is 5.13. The number of aromatic nitrogens is 2. The monoisotopic (exact) mass is 524 g/mol. The van der Waals surface area contributed by atoms with Gasteiger partial charge in [-0.25, -0.2) is 0 Å². The van der Waals surface area contributed by atoms with Gasteiger partial charge < -0.3 is 9.13 Å². The first-order chi connectivity index (χ1) is 20.1. The molecule has 2 heteroatoms. The van der Waals surface area contributed by atoms with Crippen molar-refractivity contribution in [2.24, 2.45) is 0 Å². The minimum atomic E-state index is -0.0479. The van der Waals surface area contributed by atoms with E-state index in [0.717, 1.165) is 0 Å². The van der Waals surface area contributed by atoms with Crippen LogP contribution in [0.2, 0.25) is 0 Å². The van der Waals surface area contributed by atoms with Crippen LogP contribution in [-0.4, -0.2) is 9.13 Å². The Bertz CT molecular complexity index is 2330. The molecule has 0 radical (unpaired) electrons. The van der Waals surface area contributed by atoms with E-state index in [1.54, 1.807) is 0 Å². The van der Waals surface area contributed by atoms with Gasteiger partial charge in [-0.05, 0) is 64.7 Å². The molecule has 2 aromatic heterocycles. The normalized spacial score (nSPS) is 13.8. The second-order valence-corrected chi connectivity index (χ2v) is 11.8. The predicted octanol–water partition coefficient (Wildman–Crippen LogP) is 10.2. The van der Waals surface area contributed by atoms with Gasteiger partial charge in [0.1, 0.15) is 0 Å². The third-order valence-electron chi connectivity index (χ3n) is 9.31. The SMILES string of the molecule is CC1(C)c2ccccc2-c2ccc(-n3c4ccccc4c4c3ccc3c5ccccc5n(-c5ccccc5)c34)cc21. The molecule has 8 aromatic rings. The summed E-state index contributed by atoms with van der Waals surface area (Å²) in [5.74, 6) is 0. The summed E-state index contributed by atoms with van der Waals surface area (Å²) >= 11 is 0. The maximum atomic E-state index is 2.47. The Morgan fingerprint density at radius 3 is 1.93 bits per heavy atom. The van der Waals surface area contributed by atoms with Gasteiger partial charge in [0.15, 0.2) is 0 Å². The highest BCUT2D eigenvalue weighted by atomic mass is 15.0. The van der Waals surface area contributed by atoms with Crippen LogP contribution in [-0.2, 0) is 5.41 Å². The van der Waals surface area contributed by atoms with Crippen molar-refractivity contribution in [3.8, 4) is 22.5 Å². The highest BCUT2D eigenvalue weighted by Gasteiger charge is 2.35. The van der Waals surface area contributed by atoms with Crippen LogP contribution in [0.3, 0.4) is 0 Å². The Kier molecular flexibility index (Phi) is 4.42. The summed E-state index contributed by atoms with van der Waals surface area (Å²) in [4.78, 5) is 0. The Morgan fingerprint density at radius 2 is 1.10 bits per heavy atom. The molecule has 0 fully saturated rings. The summed E-state index contributed by atoms with van der Waals surface area (Å²) in [7, 11) is 0. The lowest BCUT2D eigenvalue weighted by atomic mass is 9.82. The maximum absolute atomic E-state index is 2.47. The van der Waals surface area contributed by atoms with Crippen molar-refractivity contribution in [1.82, 2.24) is 9.13 Å². The summed E-state index contributed by atoms with van der Waals surface area (Å²) in [6.07, 6.45) is 0. The van der Waals surface area contributed by atoms with Crippen LogP contribution in [0.15, 0.2) is 133 Å². The lowest BCUT2D eigenvalue weighted by Gasteiger charge is -2.22. The van der Waals surface area contributed by atoms with Crippen LogP contribution in [0, 0.1) is 0 Å². The van der Waals surface area contributed by atoms with Gasteiger partial charge >= 0.3 is 0 Å². The lowest BCUT2D eigenvalue weighted by Crippen LogP contribution is -2.15. The van der Waals surface area contributed by atoms with Crippen molar-refractivity contribution >= 4 is 43.6 Å². The maximum Gasteiger partial charge on any atom is 0.0641 e. The predicted molar refractivity (Wildman–Crippen MR) is 173 cm³/mol. The van der Waals surface area contributed by atoms with Crippen molar-refractivity contribution in [2.75, 3.05) is 0 Å². The Hall–Kier alpha value is -5.08. The number of fused-ring (bicyclic) bond motifs is 10. The van der Waals surface area contributed by atoms with E-state index in [1.807, 2.05) is 0 Å². The first kappa shape index (κ1) is 22.7. The minimum absolute atomic E-state index is 0.0479. The van der Waals surface area contributed by atoms with Gasteiger partial charge in [-0.1, -0.05) is 105 Å². The molecule has 0 bridgehead atoms. The number of para-hydroxylation sites is 3. The van der Waals surface area contributed by atoms with Crippen molar-refractivity contribution in [1.29, 1.82) is 0 Å². The topological polar surface area (TPSA) is 9.86 Å². The van der Waals surface area contributed by atoms with E-state index in [0.29, 0.717) is 0 Å². The van der Waals surface area contributed by atoms with Crippen molar-refractivity contribution in [3.63, 3.8) is 0 Å². The molecule has 41 heavy (non-hydrogen) atoms. The van der Waals surface area contributed by atoms with Crippen LogP contribution in [0.4, 0.5) is 0 Å². The molecule has 0 aliphatic heterocycles. The summed E-state index contributed by atoms with van der Waals surface area (Å²) in [6, 6.07) is 49.0. The molecule has 2 heterocycles. The molecule has 0 saturated carbocycles. The fraction of sp³-hybridized carbons (Fsp3) is 0.0769. The number of rotatable bonds is 2. The molecule has 0 amide bonds. The molecule has 0 N–H and O–H groups in total. The second kappa shape index (κ2) is 7.99. The Morgan fingerprint density at radius 1 is 0.439 bits per heavy atom. The number of nitrogens with zero attached hydrogens (tertiary/aromatic N) is 2. The minimum Gasteiger partial charge on any atom is -0.309 e. The van der Waals surface area contributed by atoms with E-state index in [-0.39, 0.29) is 5.41 Å². The summed E-state index contributed by atoms with van der Waals surface area (Å²) in [6.45, 7) is 4.71. The largest absolute Gasteiger partial charge is 0.309 e. The summed E-state index contributed by atoms with van der Waals surface area (Å²) < 4.78 is 4.92. The average molecular weight is 525 g/mol. The molecule has 9 rings (SSSR count). The fourth-order valence-electron chi connectivity index (χ4n) is 7.46. The first-order valence-electron chi connectivity index (χ1n) is 14.4. The third kappa shape index (κ3) is 2.92. The van der Waals surface area contributed by atoms with E-state index >= 15 is 0 Å². The molecule has 6 aromatic carbocycles. The molecule has 194 valence electrons. The second-order valence-electron chi connectivity index (χ2n) is 11.8. The van der Waals surface area contributed by atoms with Crippen molar-refractivity contribution < 1.29 is 0 Å². The van der Waals surface area contributed by atoms with Crippen LogP contribution >= 0.6 is 0 Å². The smallest absolute Gasteiger partial charge is 0.0641 e. The zero-order chi connectivity index (χ0) is 27.3. The number of hydrogen-bond donors (Lipinski definition) is 0. The molecule has 0 spiro atoms. The molecular weight excluding hydrogens is 496 g/mol.